The van der Waals surface area contributed by atoms with E-state index in [1.807, 2.05) is 24.3 Å². The Hall–Kier alpha value is -4.67. The van der Waals surface area contributed by atoms with Crippen LogP contribution in [0.2, 0.25) is 0 Å². The average Bonchev–Trinajstić information content (AvgIpc) is 3.70. The second-order valence-corrected chi connectivity index (χ2v) is 11.5. The number of amides is 4. The molecule has 0 bridgehead atoms. The van der Waals surface area contributed by atoms with E-state index >= 15 is 0 Å². The molecule has 1 heterocycles. The van der Waals surface area contributed by atoms with Crippen LogP contribution >= 0.6 is 0 Å². The lowest BCUT2D eigenvalue weighted by atomic mass is 9.98. The largest absolute Gasteiger partial charge is 0.450 e. The highest BCUT2D eigenvalue weighted by atomic mass is 16.6. The number of ether oxygens (including phenoxy) is 4. The van der Waals surface area contributed by atoms with Crippen molar-refractivity contribution in [3.8, 4) is 17.2 Å². The molecule has 1 aliphatic heterocycles. The SMILES string of the molecule is CCOC(=O)N[C@H](CCCCNC(=O)COCCOCCNC(=O)OCC1c2ccccc2-c2ccccc21)C(=O)N1CCC[C@@H]1C#N. The van der Waals surface area contributed by atoms with Gasteiger partial charge in [0, 0.05) is 25.6 Å². The number of nitriles is 1. The highest BCUT2D eigenvalue weighted by Gasteiger charge is 2.34. The first-order chi connectivity index (χ1) is 23.4. The molecule has 1 fully saturated rings. The maximum absolute atomic E-state index is 13.0. The lowest BCUT2D eigenvalue weighted by Gasteiger charge is -2.26. The van der Waals surface area contributed by atoms with Gasteiger partial charge in [0.05, 0.1) is 32.5 Å². The number of nitrogens with zero attached hydrogens (tertiary/aromatic N) is 2. The third kappa shape index (κ3) is 10.4. The lowest BCUT2D eigenvalue weighted by molar-refractivity contribution is -0.133. The van der Waals surface area contributed by atoms with Gasteiger partial charge in [-0.05, 0) is 61.3 Å². The molecule has 0 radical (unpaired) electrons. The maximum Gasteiger partial charge on any atom is 0.407 e. The zero-order chi connectivity index (χ0) is 34.1. The Labute approximate surface area is 281 Å². The van der Waals surface area contributed by atoms with E-state index in [4.69, 9.17) is 18.9 Å². The van der Waals surface area contributed by atoms with Crippen LogP contribution in [0.1, 0.15) is 56.1 Å². The first-order valence-electron chi connectivity index (χ1n) is 16.6. The quantitative estimate of drug-likeness (QED) is 0.202. The van der Waals surface area contributed by atoms with Crippen molar-refractivity contribution in [3.05, 3.63) is 59.7 Å². The molecule has 13 heteroatoms. The van der Waals surface area contributed by atoms with Gasteiger partial charge in [0.1, 0.15) is 25.3 Å². The molecule has 2 aromatic carbocycles. The number of hydrogen-bond donors (Lipinski definition) is 3. The molecule has 48 heavy (non-hydrogen) atoms. The highest BCUT2D eigenvalue weighted by Crippen LogP contribution is 2.44. The van der Waals surface area contributed by atoms with Crippen molar-refractivity contribution >= 4 is 24.0 Å². The normalized spacial score (nSPS) is 15.5. The zero-order valence-electron chi connectivity index (χ0n) is 27.4. The summed E-state index contributed by atoms with van der Waals surface area (Å²) in [4.78, 5) is 50.9. The molecule has 0 spiro atoms. The summed E-state index contributed by atoms with van der Waals surface area (Å²) in [5.41, 5.74) is 4.65. The molecule has 3 N–H and O–H groups in total. The minimum atomic E-state index is -0.800. The van der Waals surface area contributed by atoms with Gasteiger partial charge in [-0.1, -0.05) is 48.5 Å². The second-order valence-electron chi connectivity index (χ2n) is 11.5. The number of likely N-dealkylation sites (tertiary alicyclic amines) is 1. The van der Waals surface area contributed by atoms with Gasteiger partial charge in [-0.3, -0.25) is 9.59 Å². The van der Waals surface area contributed by atoms with Crippen molar-refractivity contribution in [2.24, 2.45) is 0 Å². The molecule has 258 valence electrons. The predicted molar refractivity (Wildman–Crippen MR) is 176 cm³/mol. The van der Waals surface area contributed by atoms with Crippen LogP contribution in [0.4, 0.5) is 9.59 Å². The van der Waals surface area contributed by atoms with Crippen LogP contribution in [-0.2, 0) is 28.5 Å². The number of carbonyl (C=O) groups excluding carboxylic acids is 4. The average molecular weight is 664 g/mol. The van der Waals surface area contributed by atoms with E-state index in [0.717, 1.165) is 17.5 Å². The number of benzene rings is 2. The molecule has 2 aliphatic rings. The molecule has 0 aromatic heterocycles. The van der Waals surface area contributed by atoms with E-state index in [9.17, 15) is 24.4 Å². The summed E-state index contributed by atoms with van der Waals surface area (Å²) in [6.07, 6.45) is 1.68. The number of hydrogen-bond acceptors (Lipinski definition) is 9. The summed E-state index contributed by atoms with van der Waals surface area (Å²) in [7, 11) is 0. The second kappa shape index (κ2) is 19.2. The number of carbonyl (C=O) groups is 4. The molecule has 1 saturated heterocycles. The van der Waals surface area contributed by atoms with Crippen molar-refractivity contribution in [3.63, 3.8) is 0 Å². The van der Waals surface area contributed by atoms with Crippen LogP contribution in [0.3, 0.4) is 0 Å². The number of fused-ring (bicyclic) bond motifs is 3. The number of alkyl carbamates (subject to hydrolysis) is 2. The Bertz CT molecular complexity index is 1380. The van der Waals surface area contributed by atoms with Crippen LogP contribution in [0.25, 0.3) is 11.1 Å². The van der Waals surface area contributed by atoms with E-state index in [1.54, 1.807) is 6.92 Å². The van der Waals surface area contributed by atoms with Crippen molar-refractivity contribution in [2.45, 2.75) is 57.0 Å². The van der Waals surface area contributed by atoms with Gasteiger partial charge in [-0.2, -0.15) is 5.26 Å². The number of rotatable bonds is 18. The van der Waals surface area contributed by atoms with Crippen LogP contribution < -0.4 is 16.0 Å². The summed E-state index contributed by atoms with van der Waals surface area (Å²) in [5, 5.41) is 17.4. The van der Waals surface area contributed by atoms with Crippen LogP contribution in [0.15, 0.2) is 48.5 Å². The van der Waals surface area contributed by atoms with Gasteiger partial charge in [0.25, 0.3) is 0 Å². The molecule has 0 unspecified atom stereocenters. The van der Waals surface area contributed by atoms with Gasteiger partial charge in [0.15, 0.2) is 0 Å². The van der Waals surface area contributed by atoms with Gasteiger partial charge < -0.3 is 39.8 Å². The van der Waals surface area contributed by atoms with Gasteiger partial charge in [-0.25, -0.2) is 9.59 Å². The Morgan fingerprint density at radius 3 is 2.31 bits per heavy atom. The van der Waals surface area contributed by atoms with E-state index in [1.165, 1.54) is 16.0 Å². The van der Waals surface area contributed by atoms with Gasteiger partial charge >= 0.3 is 12.2 Å². The van der Waals surface area contributed by atoms with E-state index in [-0.39, 0.29) is 63.9 Å². The fraction of sp³-hybridized carbons (Fsp3) is 0.514. The predicted octanol–water partition coefficient (Wildman–Crippen LogP) is 3.47. The summed E-state index contributed by atoms with van der Waals surface area (Å²) < 4.78 is 21.3. The highest BCUT2D eigenvalue weighted by molar-refractivity contribution is 5.86. The molecule has 2 atom stereocenters. The number of unbranched alkanes of at least 4 members (excludes halogenated alkanes) is 1. The van der Waals surface area contributed by atoms with Crippen molar-refractivity contribution in [2.75, 3.05) is 59.3 Å². The van der Waals surface area contributed by atoms with Gasteiger partial charge in [-0.15, -0.1) is 0 Å². The van der Waals surface area contributed by atoms with Crippen LogP contribution in [-0.4, -0.2) is 100 Å². The molecule has 0 saturated carbocycles. The zero-order valence-corrected chi connectivity index (χ0v) is 27.4. The van der Waals surface area contributed by atoms with E-state index in [0.29, 0.717) is 38.8 Å². The summed E-state index contributed by atoms with van der Waals surface area (Å²) >= 11 is 0. The maximum atomic E-state index is 13.0. The molecule has 13 nitrogen and oxygen atoms in total. The summed E-state index contributed by atoms with van der Waals surface area (Å²) in [6.45, 7) is 3.84. The first-order valence-corrected chi connectivity index (χ1v) is 16.6. The van der Waals surface area contributed by atoms with Crippen LogP contribution in [0, 0.1) is 11.3 Å². The number of nitrogens with one attached hydrogen (secondary N) is 3. The Balaban J connectivity index is 1.01. The standard InChI is InChI=1S/C35H45N5O8/c1-2-47-35(44)39-31(33(42)40-18-9-10-25(40)22-36)15-7-8-16-37-32(41)24-46-21-20-45-19-17-38-34(43)48-23-30-28-13-5-3-11-26(28)27-12-4-6-14-29(27)30/h3-6,11-14,25,30-31H,2,7-10,15-21,23-24H2,1H3,(H,37,41)(H,38,43)(H,39,44)/t25-,31-/m1/s1. The minimum Gasteiger partial charge on any atom is -0.450 e. The van der Waals surface area contributed by atoms with E-state index < -0.39 is 24.3 Å². The summed E-state index contributed by atoms with van der Waals surface area (Å²) in [6, 6.07) is 17.2. The molecule has 2 aromatic rings. The van der Waals surface area contributed by atoms with Crippen molar-refractivity contribution in [1.29, 1.82) is 5.26 Å². The Kier molecular flexibility index (Phi) is 14.5. The lowest BCUT2D eigenvalue weighted by Crippen LogP contribution is -2.50. The molecule has 4 amide bonds. The van der Waals surface area contributed by atoms with Gasteiger partial charge in [0.2, 0.25) is 11.8 Å². The topological polar surface area (TPSA) is 168 Å². The first kappa shape index (κ1) is 36.2. The Morgan fingerprint density at radius 2 is 1.60 bits per heavy atom. The fourth-order valence-electron chi connectivity index (χ4n) is 5.95. The van der Waals surface area contributed by atoms with E-state index in [2.05, 4.69) is 46.3 Å². The third-order valence-electron chi connectivity index (χ3n) is 8.26. The minimum absolute atomic E-state index is 0.00393. The monoisotopic (exact) mass is 663 g/mol. The smallest absolute Gasteiger partial charge is 0.407 e. The molecular formula is C35H45N5O8. The van der Waals surface area contributed by atoms with Crippen molar-refractivity contribution < 1.29 is 38.1 Å². The molecular weight excluding hydrogens is 618 g/mol. The Morgan fingerprint density at radius 1 is 0.896 bits per heavy atom. The van der Waals surface area contributed by atoms with Crippen LogP contribution in [0.5, 0.6) is 0 Å². The fourth-order valence-corrected chi connectivity index (χ4v) is 5.95. The molecule has 1 aliphatic carbocycles. The van der Waals surface area contributed by atoms with Crippen molar-refractivity contribution in [1.82, 2.24) is 20.9 Å². The molecule has 4 rings (SSSR count). The third-order valence-corrected chi connectivity index (χ3v) is 8.26. The summed E-state index contributed by atoms with van der Waals surface area (Å²) in [5.74, 6) is -0.575.